The molecule has 94 valence electrons. The Morgan fingerprint density at radius 1 is 1.50 bits per heavy atom. The smallest absolute Gasteiger partial charge is 0.224 e. The van der Waals surface area contributed by atoms with Crippen molar-refractivity contribution in [1.29, 1.82) is 0 Å². The second kappa shape index (κ2) is 6.21. The van der Waals surface area contributed by atoms with Crippen LogP contribution in [0.3, 0.4) is 0 Å². The lowest BCUT2D eigenvalue weighted by atomic mass is 9.95. The molecule has 1 atom stereocenters. The van der Waals surface area contributed by atoms with E-state index < -0.39 is 0 Å². The monoisotopic (exact) mass is 227 g/mol. The van der Waals surface area contributed by atoms with Gasteiger partial charge in [0.25, 0.3) is 0 Å². The van der Waals surface area contributed by atoms with Gasteiger partial charge in [-0.05, 0) is 25.8 Å². The van der Waals surface area contributed by atoms with Crippen LogP contribution in [0.2, 0.25) is 0 Å². The van der Waals surface area contributed by atoms with E-state index in [9.17, 15) is 4.79 Å². The van der Waals surface area contributed by atoms with Gasteiger partial charge in [-0.2, -0.15) is 0 Å². The minimum Gasteiger partial charge on any atom is -0.355 e. The van der Waals surface area contributed by atoms with Crippen molar-refractivity contribution in [2.45, 2.75) is 32.7 Å². The van der Waals surface area contributed by atoms with Crippen LogP contribution in [-0.2, 0) is 4.79 Å². The molecule has 16 heavy (non-hydrogen) atoms. The van der Waals surface area contributed by atoms with Crippen LogP contribution in [0.15, 0.2) is 0 Å². The number of carbonyl (C=O) groups is 1. The summed E-state index contributed by atoms with van der Waals surface area (Å²) >= 11 is 0. The van der Waals surface area contributed by atoms with Crippen molar-refractivity contribution < 1.29 is 4.79 Å². The zero-order chi connectivity index (χ0) is 12.1. The molecule has 1 aliphatic carbocycles. The highest BCUT2D eigenvalue weighted by molar-refractivity contribution is 5.79. The van der Waals surface area contributed by atoms with Gasteiger partial charge >= 0.3 is 0 Å². The Kier molecular flexibility index (Phi) is 5.22. The first-order valence-electron chi connectivity index (χ1n) is 6.24. The fourth-order valence-corrected chi connectivity index (χ4v) is 1.87. The maximum Gasteiger partial charge on any atom is 0.224 e. The van der Waals surface area contributed by atoms with Crippen LogP contribution in [0.5, 0.6) is 0 Å². The molecule has 1 unspecified atom stereocenters. The molecule has 3 N–H and O–H groups in total. The zero-order valence-electron chi connectivity index (χ0n) is 10.7. The predicted octanol–water partition coefficient (Wildman–Crippen LogP) is 0.428. The van der Waals surface area contributed by atoms with E-state index in [-0.39, 0.29) is 11.8 Å². The van der Waals surface area contributed by atoms with Gasteiger partial charge in [-0.3, -0.25) is 4.79 Å². The third-order valence-corrected chi connectivity index (χ3v) is 3.33. The quantitative estimate of drug-likeness (QED) is 0.663. The van der Waals surface area contributed by atoms with E-state index in [4.69, 9.17) is 5.73 Å². The third-order valence-electron chi connectivity index (χ3n) is 3.33. The third kappa shape index (κ3) is 4.10. The highest BCUT2D eigenvalue weighted by atomic mass is 16.1. The highest BCUT2D eigenvalue weighted by Crippen LogP contribution is 2.24. The Labute approximate surface area is 98.6 Å². The topological polar surface area (TPSA) is 58.4 Å². The number of hydrogen-bond acceptors (Lipinski definition) is 3. The van der Waals surface area contributed by atoms with Gasteiger partial charge in [0.05, 0.1) is 5.92 Å². The summed E-state index contributed by atoms with van der Waals surface area (Å²) in [7, 11) is 2.12. The van der Waals surface area contributed by atoms with Crippen LogP contribution in [-0.4, -0.2) is 43.5 Å². The van der Waals surface area contributed by atoms with Gasteiger partial charge in [0.15, 0.2) is 0 Å². The molecule has 0 aromatic carbocycles. The number of rotatable bonds is 7. The number of carbonyl (C=O) groups excluding carboxylic acids is 1. The maximum absolute atomic E-state index is 11.8. The molecule has 0 aromatic heterocycles. The van der Waals surface area contributed by atoms with Crippen LogP contribution < -0.4 is 11.1 Å². The summed E-state index contributed by atoms with van der Waals surface area (Å²) in [4.78, 5) is 14.1. The molecule has 0 radical (unpaired) electrons. The largest absolute Gasteiger partial charge is 0.355 e. The summed E-state index contributed by atoms with van der Waals surface area (Å²) in [6, 6.07) is 0.757. The van der Waals surface area contributed by atoms with Gasteiger partial charge in [0.1, 0.15) is 0 Å². The molecule has 1 aliphatic rings. The van der Waals surface area contributed by atoms with Crippen molar-refractivity contribution in [2.24, 2.45) is 17.6 Å². The summed E-state index contributed by atoms with van der Waals surface area (Å²) in [5.74, 6) is 0.360. The van der Waals surface area contributed by atoms with Gasteiger partial charge in [-0.15, -0.1) is 0 Å². The van der Waals surface area contributed by atoms with Crippen LogP contribution in [0.25, 0.3) is 0 Å². The molecule has 0 heterocycles. The van der Waals surface area contributed by atoms with Gasteiger partial charge in [-0.1, -0.05) is 13.8 Å². The lowest BCUT2D eigenvalue weighted by molar-refractivity contribution is -0.126. The average Bonchev–Trinajstić information content (AvgIpc) is 3.00. The number of likely N-dealkylation sites (N-methyl/N-ethyl adjacent to an activating group) is 1. The summed E-state index contributed by atoms with van der Waals surface area (Å²) in [5, 5.41) is 2.97. The zero-order valence-corrected chi connectivity index (χ0v) is 10.7. The first kappa shape index (κ1) is 13.5. The summed E-state index contributed by atoms with van der Waals surface area (Å²) < 4.78 is 0. The minimum absolute atomic E-state index is 0.0498. The Morgan fingerprint density at radius 3 is 2.56 bits per heavy atom. The highest BCUT2D eigenvalue weighted by Gasteiger charge is 2.26. The van der Waals surface area contributed by atoms with Crippen LogP contribution >= 0.6 is 0 Å². The number of hydrogen-bond donors (Lipinski definition) is 2. The second-order valence-corrected chi connectivity index (χ2v) is 5.09. The molecule has 1 amide bonds. The summed E-state index contributed by atoms with van der Waals surface area (Å²) in [6.45, 7) is 6.17. The van der Waals surface area contributed by atoms with Crippen molar-refractivity contribution in [3.63, 3.8) is 0 Å². The number of amides is 1. The van der Waals surface area contributed by atoms with Gasteiger partial charge in [0, 0.05) is 25.7 Å². The average molecular weight is 227 g/mol. The first-order chi connectivity index (χ1) is 7.56. The number of nitrogens with two attached hydrogens (primary N) is 1. The fourth-order valence-electron chi connectivity index (χ4n) is 1.87. The van der Waals surface area contributed by atoms with Gasteiger partial charge < -0.3 is 16.0 Å². The SMILES string of the molecule is CC(C)C(CN)C(=O)NCCN(C)C1CC1. The van der Waals surface area contributed by atoms with Crippen LogP contribution in [0.4, 0.5) is 0 Å². The molecule has 1 saturated carbocycles. The van der Waals surface area contributed by atoms with Crippen molar-refractivity contribution in [2.75, 3.05) is 26.7 Å². The minimum atomic E-state index is -0.0498. The Morgan fingerprint density at radius 2 is 2.12 bits per heavy atom. The number of nitrogens with one attached hydrogen (secondary N) is 1. The van der Waals surface area contributed by atoms with E-state index in [0.29, 0.717) is 12.5 Å². The molecule has 4 nitrogen and oxygen atoms in total. The molecule has 4 heteroatoms. The molecular formula is C12H25N3O. The fraction of sp³-hybridized carbons (Fsp3) is 0.917. The van der Waals surface area contributed by atoms with E-state index in [0.717, 1.165) is 19.1 Å². The summed E-state index contributed by atoms with van der Waals surface area (Å²) in [5.41, 5.74) is 5.59. The van der Waals surface area contributed by atoms with E-state index in [1.165, 1.54) is 12.8 Å². The summed E-state index contributed by atoms with van der Waals surface area (Å²) in [6.07, 6.45) is 2.61. The molecule has 0 aromatic rings. The van der Waals surface area contributed by atoms with Crippen molar-refractivity contribution in [3.05, 3.63) is 0 Å². The van der Waals surface area contributed by atoms with E-state index in [1.54, 1.807) is 0 Å². The molecular weight excluding hydrogens is 202 g/mol. The molecule has 0 spiro atoms. The van der Waals surface area contributed by atoms with Crippen LogP contribution in [0.1, 0.15) is 26.7 Å². The molecule has 0 bridgehead atoms. The van der Waals surface area contributed by atoms with Gasteiger partial charge in [0.2, 0.25) is 5.91 Å². The normalized spacial score (nSPS) is 17.9. The Balaban J connectivity index is 2.17. The second-order valence-electron chi connectivity index (χ2n) is 5.09. The van der Waals surface area contributed by atoms with Crippen molar-refractivity contribution in [1.82, 2.24) is 10.2 Å². The molecule has 1 rings (SSSR count). The molecule has 0 saturated heterocycles. The van der Waals surface area contributed by atoms with E-state index in [1.807, 2.05) is 13.8 Å². The molecule has 0 aliphatic heterocycles. The Hall–Kier alpha value is -0.610. The lowest BCUT2D eigenvalue weighted by Gasteiger charge is -2.20. The van der Waals surface area contributed by atoms with E-state index in [2.05, 4.69) is 17.3 Å². The van der Waals surface area contributed by atoms with Crippen molar-refractivity contribution in [3.8, 4) is 0 Å². The first-order valence-corrected chi connectivity index (χ1v) is 6.24. The lowest BCUT2D eigenvalue weighted by Crippen LogP contribution is -2.41. The number of nitrogens with zero attached hydrogens (tertiary/aromatic N) is 1. The Bertz CT molecular complexity index is 226. The maximum atomic E-state index is 11.8. The van der Waals surface area contributed by atoms with E-state index >= 15 is 0 Å². The van der Waals surface area contributed by atoms with Crippen molar-refractivity contribution >= 4 is 5.91 Å². The molecule has 1 fully saturated rings. The van der Waals surface area contributed by atoms with Crippen LogP contribution in [0, 0.1) is 11.8 Å². The standard InChI is InChI=1S/C12H25N3O/c1-9(2)11(8-13)12(16)14-6-7-15(3)10-4-5-10/h9-11H,4-8,13H2,1-3H3,(H,14,16). The van der Waals surface area contributed by atoms with Gasteiger partial charge in [-0.25, -0.2) is 0 Å². The predicted molar refractivity (Wildman–Crippen MR) is 66.0 cm³/mol.